The van der Waals surface area contributed by atoms with Crippen LogP contribution in [-0.4, -0.2) is 33.4 Å². The number of rotatable bonds is 6. The maximum absolute atomic E-state index is 12.2. The van der Waals surface area contributed by atoms with Gasteiger partial charge in [0.15, 0.2) is 9.84 Å². The highest BCUT2D eigenvalue weighted by Crippen LogP contribution is 2.27. The first-order valence-corrected chi connectivity index (χ1v) is 8.76. The number of hydrogen-bond acceptors (Lipinski definition) is 5. The lowest BCUT2D eigenvalue weighted by Gasteiger charge is -2.18. The average Bonchev–Trinajstić information content (AvgIpc) is 2.94. The van der Waals surface area contributed by atoms with Crippen molar-refractivity contribution >= 4 is 9.84 Å². The fourth-order valence-corrected chi connectivity index (χ4v) is 3.76. The van der Waals surface area contributed by atoms with E-state index in [4.69, 9.17) is 15.7 Å². The second-order valence-corrected chi connectivity index (χ2v) is 7.40. The van der Waals surface area contributed by atoms with Crippen LogP contribution in [0.25, 0.3) is 0 Å². The monoisotopic (exact) mass is 308 g/mol. The van der Waals surface area contributed by atoms with Crippen molar-refractivity contribution in [2.24, 2.45) is 11.7 Å². The molecule has 2 rings (SSSR count). The third-order valence-electron chi connectivity index (χ3n) is 3.92. The van der Waals surface area contributed by atoms with E-state index in [1.165, 1.54) is 24.3 Å². The number of nitriles is 1. The summed E-state index contributed by atoms with van der Waals surface area (Å²) in [4.78, 5) is 0.229. The summed E-state index contributed by atoms with van der Waals surface area (Å²) in [7, 11) is -3.37. The predicted molar refractivity (Wildman–Crippen MR) is 79.3 cm³/mol. The van der Waals surface area contributed by atoms with E-state index in [-0.39, 0.29) is 23.4 Å². The van der Waals surface area contributed by atoms with Crippen molar-refractivity contribution < 1.29 is 13.2 Å². The number of sulfone groups is 1. The number of nitrogens with two attached hydrogens (primary N) is 1. The van der Waals surface area contributed by atoms with Crippen LogP contribution in [0.15, 0.2) is 29.2 Å². The molecule has 114 valence electrons. The minimum absolute atomic E-state index is 0.0489. The lowest BCUT2D eigenvalue weighted by atomic mass is 10.1. The molecule has 1 fully saturated rings. The molecule has 2 N–H and O–H groups in total. The Hall–Kier alpha value is -1.42. The van der Waals surface area contributed by atoms with Crippen molar-refractivity contribution in [3.63, 3.8) is 0 Å². The summed E-state index contributed by atoms with van der Waals surface area (Å²) < 4.78 is 30.0. The maximum Gasteiger partial charge on any atom is 0.180 e. The van der Waals surface area contributed by atoms with Crippen LogP contribution in [-0.2, 0) is 14.6 Å². The predicted octanol–water partition coefficient (Wildman–Crippen LogP) is 1.48. The molecule has 0 spiro atoms. The van der Waals surface area contributed by atoms with Crippen LogP contribution in [0.4, 0.5) is 0 Å². The molecule has 0 saturated heterocycles. The van der Waals surface area contributed by atoms with Crippen LogP contribution in [0.2, 0.25) is 0 Å². The minimum atomic E-state index is -3.37. The summed E-state index contributed by atoms with van der Waals surface area (Å²) in [6, 6.07) is 7.91. The van der Waals surface area contributed by atoms with Crippen LogP contribution in [0.1, 0.15) is 24.8 Å². The molecule has 21 heavy (non-hydrogen) atoms. The van der Waals surface area contributed by atoms with Crippen LogP contribution in [0, 0.1) is 17.2 Å². The zero-order valence-electron chi connectivity index (χ0n) is 11.9. The van der Waals surface area contributed by atoms with Crippen LogP contribution in [0.5, 0.6) is 0 Å². The van der Waals surface area contributed by atoms with Crippen molar-refractivity contribution in [3.05, 3.63) is 29.8 Å². The Labute approximate surface area is 125 Å². The lowest BCUT2D eigenvalue weighted by molar-refractivity contribution is 0.0399. The highest BCUT2D eigenvalue weighted by molar-refractivity contribution is 7.91. The van der Waals surface area contributed by atoms with Gasteiger partial charge in [-0.3, -0.25) is 0 Å². The van der Waals surface area contributed by atoms with Crippen LogP contribution < -0.4 is 5.73 Å². The van der Waals surface area contributed by atoms with Crippen molar-refractivity contribution in [2.45, 2.75) is 30.3 Å². The van der Waals surface area contributed by atoms with Gasteiger partial charge in [0.05, 0.1) is 35.0 Å². The van der Waals surface area contributed by atoms with Gasteiger partial charge in [-0.1, -0.05) is 6.42 Å². The van der Waals surface area contributed by atoms with Gasteiger partial charge in [-0.15, -0.1) is 0 Å². The smallest absolute Gasteiger partial charge is 0.180 e. The lowest BCUT2D eigenvalue weighted by Crippen LogP contribution is -2.27. The molecule has 1 aromatic rings. The molecule has 5 nitrogen and oxygen atoms in total. The maximum atomic E-state index is 12.2. The summed E-state index contributed by atoms with van der Waals surface area (Å²) in [5, 5.41) is 8.71. The van der Waals surface area contributed by atoms with Gasteiger partial charge in [-0.05, 0) is 49.6 Å². The molecule has 1 aliphatic rings. The van der Waals surface area contributed by atoms with Crippen LogP contribution >= 0.6 is 0 Å². The zero-order chi connectivity index (χ0) is 15.3. The summed E-state index contributed by atoms with van der Waals surface area (Å²) in [5.41, 5.74) is 6.12. The quantitative estimate of drug-likeness (QED) is 0.859. The molecule has 0 radical (unpaired) electrons. The number of ether oxygens (including phenoxy) is 1. The van der Waals surface area contributed by atoms with Gasteiger partial charge >= 0.3 is 0 Å². The van der Waals surface area contributed by atoms with Gasteiger partial charge in [-0.25, -0.2) is 8.42 Å². The molecule has 6 heteroatoms. The van der Waals surface area contributed by atoms with Gasteiger partial charge in [0.1, 0.15) is 0 Å². The van der Waals surface area contributed by atoms with Crippen molar-refractivity contribution in [2.75, 3.05) is 18.9 Å². The zero-order valence-corrected chi connectivity index (χ0v) is 12.7. The number of hydrogen-bond donors (Lipinski definition) is 1. The van der Waals surface area contributed by atoms with E-state index in [1.54, 1.807) is 0 Å². The molecule has 0 aromatic heterocycles. The first-order chi connectivity index (χ1) is 10.1. The Bertz CT molecular complexity index is 605. The standard InChI is InChI=1S/C15H20N2O3S/c16-10-12-4-6-14(7-5-12)21(18,19)9-8-20-15-3-1-2-13(15)11-17/h4-7,13,15H,1-3,8-9,11,17H2. The molecule has 1 aromatic carbocycles. The van der Waals surface area contributed by atoms with Gasteiger partial charge in [0.2, 0.25) is 0 Å². The summed E-state index contributed by atoms with van der Waals surface area (Å²) >= 11 is 0. The van der Waals surface area contributed by atoms with Gasteiger partial charge < -0.3 is 10.5 Å². The molecule has 1 saturated carbocycles. The van der Waals surface area contributed by atoms with Crippen molar-refractivity contribution in [1.29, 1.82) is 5.26 Å². The summed E-state index contributed by atoms with van der Waals surface area (Å²) in [6.07, 6.45) is 3.20. The summed E-state index contributed by atoms with van der Waals surface area (Å²) in [5.74, 6) is 0.301. The van der Waals surface area contributed by atoms with Gasteiger partial charge in [-0.2, -0.15) is 5.26 Å². The van der Waals surface area contributed by atoms with E-state index in [0.29, 0.717) is 18.0 Å². The molecule has 2 atom stereocenters. The van der Waals surface area contributed by atoms with Gasteiger partial charge in [0.25, 0.3) is 0 Å². The topological polar surface area (TPSA) is 93.2 Å². The van der Waals surface area contributed by atoms with Gasteiger partial charge in [0, 0.05) is 0 Å². The minimum Gasteiger partial charge on any atom is -0.377 e. The highest BCUT2D eigenvalue weighted by Gasteiger charge is 2.27. The van der Waals surface area contributed by atoms with Crippen molar-refractivity contribution in [3.8, 4) is 6.07 Å². The second-order valence-electron chi connectivity index (χ2n) is 5.29. The summed E-state index contributed by atoms with van der Waals surface area (Å²) in [6.45, 7) is 0.774. The Balaban J connectivity index is 1.90. The van der Waals surface area contributed by atoms with E-state index in [1.807, 2.05) is 6.07 Å². The fourth-order valence-electron chi connectivity index (χ4n) is 2.66. The Kier molecular flexibility index (Phi) is 5.34. The molecule has 0 aliphatic heterocycles. The normalized spacial score (nSPS) is 22.1. The SMILES string of the molecule is N#Cc1ccc(S(=O)(=O)CCOC2CCCC2CN)cc1. The molecular weight excluding hydrogens is 288 g/mol. The first kappa shape index (κ1) is 16.0. The Morgan fingerprint density at radius 1 is 1.29 bits per heavy atom. The molecule has 2 unspecified atom stereocenters. The Morgan fingerprint density at radius 2 is 2.00 bits per heavy atom. The van der Waals surface area contributed by atoms with Crippen LogP contribution in [0.3, 0.4) is 0 Å². The molecule has 0 bridgehead atoms. The van der Waals surface area contributed by atoms with E-state index in [0.717, 1.165) is 19.3 Å². The van der Waals surface area contributed by atoms with E-state index in [9.17, 15) is 8.42 Å². The van der Waals surface area contributed by atoms with E-state index < -0.39 is 9.84 Å². The van der Waals surface area contributed by atoms with E-state index in [2.05, 4.69) is 0 Å². The molecular formula is C15H20N2O3S. The van der Waals surface area contributed by atoms with Crippen molar-refractivity contribution in [1.82, 2.24) is 0 Å². The fraction of sp³-hybridized carbons (Fsp3) is 0.533. The first-order valence-electron chi connectivity index (χ1n) is 7.11. The second kappa shape index (κ2) is 7.03. The molecule has 0 amide bonds. The largest absolute Gasteiger partial charge is 0.377 e. The third kappa shape index (κ3) is 4.03. The number of nitrogens with zero attached hydrogens (tertiary/aromatic N) is 1. The molecule has 0 heterocycles. The third-order valence-corrected chi connectivity index (χ3v) is 5.61. The highest BCUT2D eigenvalue weighted by atomic mass is 32.2. The molecule has 1 aliphatic carbocycles. The Morgan fingerprint density at radius 3 is 2.62 bits per heavy atom. The van der Waals surface area contributed by atoms with E-state index >= 15 is 0 Å². The average molecular weight is 308 g/mol. The number of benzene rings is 1.